The predicted molar refractivity (Wildman–Crippen MR) is 83.5 cm³/mol. The summed E-state index contributed by atoms with van der Waals surface area (Å²) in [7, 11) is 8.77. The number of fused-ring (bicyclic) bond motifs is 1. The fraction of sp³-hybridized carbons (Fsp3) is 0.562. The van der Waals surface area contributed by atoms with Gasteiger partial charge >= 0.3 is 6.09 Å². The molecule has 2 rings (SSSR count). The van der Waals surface area contributed by atoms with Crippen molar-refractivity contribution in [3.05, 3.63) is 22.8 Å². The van der Waals surface area contributed by atoms with Gasteiger partial charge in [-0.1, -0.05) is 0 Å². The number of methoxy groups -OCH3 is 3. The Morgan fingerprint density at radius 1 is 1.23 bits per heavy atom. The van der Waals surface area contributed by atoms with Crippen LogP contribution in [0.25, 0.3) is 0 Å². The van der Waals surface area contributed by atoms with Gasteiger partial charge in [0.25, 0.3) is 0 Å². The smallest absolute Gasteiger partial charge is 0.409 e. The number of carbonyl (C=O) groups excluding carboxylic acids is 1. The van der Waals surface area contributed by atoms with Gasteiger partial charge in [0, 0.05) is 29.8 Å². The summed E-state index contributed by atoms with van der Waals surface area (Å²) < 4.78 is 16.0. The summed E-state index contributed by atoms with van der Waals surface area (Å²) in [5.41, 5.74) is 3.21. The summed E-state index contributed by atoms with van der Waals surface area (Å²) in [6.45, 7) is 1.86. The van der Waals surface area contributed by atoms with Crippen molar-refractivity contribution in [2.45, 2.75) is 19.5 Å². The van der Waals surface area contributed by atoms with Crippen molar-refractivity contribution in [2.75, 3.05) is 42.0 Å². The molecule has 1 aliphatic rings. The zero-order valence-corrected chi connectivity index (χ0v) is 13.9. The molecule has 0 aliphatic carbocycles. The van der Waals surface area contributed by atoms with Gasteiger partial charge in [-0.3, -0.25) is 0 Å². The lowest BCUT2D eigenvalue weighted by molar-refractivity contribution is 0.118. The molecule has 1 heterocycles. The minimum atomic E-state index is -0.316. The third kappa shape index (κ3) is 3.11. The van der Waals surface area contributed by atoms with Crippen molar-refractivity contribution in [2.24, 2.45) is 0 Å². The first kappa shape index (κ1) is 16.4. The Morgan fingerprint density at radius 3 is 2.50 bits per heavy atom. The monoisotopic (exact) mass is 308 g/mol. The Bertz CT molecular complexity index is 558. The van der Waals surface area contributed by atoms with Gasteiger partial charge in [-0.25, -0.2) is 4.79 Å². The van der Waals surface area contributed by atoms with Crippen LogP contribution in [0.2, 0.25) is 0 Å². The second-order valence-electron chi connectivity index (χ2n) is 5.61. The maximum Gasteiger partial charge on any atom is 0.409 e. The van der Waals surface area contributed by atoms with Crippen LogP contribution in [0, 0.1) is 0 Å². The Balaban J connectivity index is 2.46. The molecule has 0 radical (unpaired) electrons. The van der Waals surface area contributed by atoms with E-state index < -0.39 is 0 Å². The van der Waals surface area contributed by atoms with Crippen LogP contribution in [0.5, 0.6) is 11.5 Å². The molecule has 1 aliphatic heterocycles. The Morgan fingerprint density at radius 2 is 1.95 bits per heavy atom. The van der Waals surface area contributed by atoms with E-state index in [2.05, 4.69) is 4.90 Å². The van der Waals surface area contributed by atoms with Crippen molar-refractivity contribution < 1.29 is 19.0 Å². The summed E-state index contributed by atoms with van der Waals surface area (Å²) >= 11 is 0. The Kier molecular flexibility index (Phi) is 5.13. The van der Waals surface area contributed by atoms with Gasteiger partial charge in [-0.05, 0) is 26.6 Å². The minimum Gasteiger partial charge on any atom is -0.496 e. The molecule has 0 aromatic heterocycles. The van der Waals surface area contributed by atoms with E-state index in [1.165, 1.54) is 7.11 Å². The first-order valence-corrected chi connectivity index (χ1v) is 7.25. The van der Waals surface area contributed by atoms with Crippen LogP contribution in [-0.4, -0.2) is 57.9 Å². The van der Waals surface area contributed by atoms with Gasteiger partial charge in [0.1, 0.15) is 11.5 Å². The molecule has 0 saturated carbocycles. The number of benzene rings is 1. The lowest BCUT2D eigenvalue weighted by atomic mass is 9.94. The third-order valence-electron chi connectivity index (χ3n) is 3.86. The summed E-state index contributed by atoms with van der Waals surface area (Å²) in [5, 5.41) is 0. The van der Waals surface area contributed by atoms with Crippen LogP contribution >= 0.6 is 0 Å². The van der Waals surface area contributed by atoms with Crippen LogP contribution in [0.1, 0.15) is 16.7 Å². The first-order valence-electron chi connectivity index (χ1n) is 7.25. The standard InChI is InChI=1S/C16H24N2O4/c1-17(2)9-11-8-14(20-3)13-10-18(16(19)22-5)7-6-12(13)15(11)21-4/h8H,6-7,9-10H2,1-5H3. The highest BCUT2D eigenvalue weighted by Gasteiger charge is 2.28. The largest absolute Gasteiger partial charge is 0.496 e. The van der Waals surface area contributed by atoms with E-state index in [-0.39, 0.29) is 6.09 Å². The summed E-state index contributed by atoms with van der Waals surface area (Å²) in [6, 6.07) is 2.00. The number of amides is 1. The topological polar surface area (TPSA) is 51.2 Å². The van der Waals surface area contributed by atoms with Crippen molar-refractivity contribution in [3.8, 4) is 11.5 Å². The third-order valence-corrected chi connectivity index (χ3v) is 3.86. The summed E-state index contributed by atoms with van der Waals surface area (Å²) in [6.07, 6.45) is 0.412. The molecule has 0 fully saturated rings. The van der Waals surface area contributed by atoms with Crippen molar-refractivity contribution in [3.63, 3.8) is 0 Å². The normalized spacial score (nSPS) is 13.8. The van der Waals surface area contributed by atoms with E-state index in [1.54, 1.807) is 19.1 Å². The highest BCUT2D eigenvalue weighted by Crippen LogP contribution is 2.38. The van der Waals surface area contributed by atoms with Gasteiger partial charge in [0.2, 0.25) is 0 Å². The van der Waals surface area contributed by atoms with Crippen molar-refractivity contribution in [1.29, 1.82) is 0 Å². The minimum absolute atomic E-state index is 0.316. The number of nitrogens with zero attached hydrogens (tertiary/aromatic N) is 2. The molecule has 0 bridgehead atoms. The van der Waals surface area contributed by atoms with Gasteiger partial charge in [-0.15, -0.1) is 0 Å². The molecule has 6 nitrogen and oxygen atoms in total. The number of hydrogen-bond donors (Lipinski definition) is 0. The molecule has 122 valence electrons. The highest BCUT2D eigenvalue weighted by atomic mass is 16.5. The fourth-order valence-corrected chi connectivity index (χ4v) is 2.92. The zero-order valence-electron chi connectivity index (χ0n) is 13.9. The van der Waals surface area contributed by atoms with E-state index in [1.807, 2.05) is 20.2 Å². The second-order valence-corrected chi connectivity index (χ2v) is 5.61. The van der Waals surface area contributed by atoms with Gasteiger partial charge < -0.3 is 24.0 Å². The quantitative estimate of drug-likeness (QED) is 0.850. The van der Waals surface area contributed by atoms with Gasteiger partial charge in [0.15, 0.2) is 0 Å². The van der Waals surface area contributed by atoms with Gasteiger partial charge in [-0.2, -0.15) is 0 Å². The van der Waals surface area contributed by atoms with Crippen LogP contribution < -0.4 is 9.47 Å². The summed E-state index contributed by atoms with van der Waals surface area (Å²) in [4.78, 5) is 15.5. The molecule has 0 N–H and O–H groups in total. The lowest BCUT2D eigenvalue weighted by Crippen LogP contribution is -2.36. The molecule has 22 heavy (non-hydrogen) atoms. The maximum absolute atomic E-state index is 11.8. The Labute approximate surface area is 131 Å². The average Bonchev–Trinajstić information content (AvgIpc) is 2.52. The predicted octanol–water partition coefficient (Wildman–Crippen LogP) is 1.89. The van der Waals surface area contributed by atoms with E-state index in [0.717, 1.165) is 41.2 Å². The molecule has 1 aromatic carbocycles. The van der Waals surface area contributed by atoms with Gasteiger partial charge in [0.05, 0.1) is 27.9 Å². The molecule has 0 unspecified atom stereocenters. The van der Waals surface area contributed by atoms with Crippen LogP contribution in [0.4, 0.5) is 4.79 Å². The van der Waals surface area contributed by atoms with Crippen LogP contribution in [0.15, 0.2) is 6.07 Å². The zero-order chi connectivity index (χ0) is 16.3. The molecular formula is C16H24N2O4. The molecule has 1 aromatic rings. The number of rotatable bonds is 4. The molecular weight excluding hydrogens is 284 g/mol. The molecule has 0 saturated heterocycles. The highest BCUT2D eigenvalue weighted by molar-refractivity contribution is 5.69. The first-order chi connectivity index (χ1) is 10.5. The molecule has 1 amide bonds. The van der Waals surface area contributed by atoms with E-state index in [4.69, 9.17) is 14.2 Å². The van der Waals surface area contributed by atoms with E-state index >= 15 is 0 Å². The molecule has 6 heteroatoms. The van der Waals surface area contributed by atoms with Crippen molar-refractivity contribution in [1.82, 2.24) is 9.80 Å². The van der Waals surface area contributed by atoms with Crippen LogP contribution in [0.3, 0.4) is 0 Å². The number of hydrogen-bond acceptors (Lipinski definition) is 5. The van der Waals surface area contributed by atoms with Crippen molar-refractivity contribution >= 4 is 6.09 Å². The molecule has 0 spiro atoms. The Hall–Kier alpha value is -1.95. The summed E-state index contributed by atoms with van der Waals surface area (Å²) in [5.74, 6) is 1.69. The SMILES string of the molecule is COC(=O)N1CCc2c(c(OC)cc(CN(C)C)c2OC)C1. The lowest BCUT2D eigenvalue weighted by Gasteiger charge is -2.31. The van der Waals surface area contributed by atoms with E-state index in [9.17, 15) is 4.79 Å². The number of ether oxygens (including phenoxy) is 3. The second kappa shape index (κ2) is 6.87. The van der Waals surface area contributed by atoms with Crippen LogP contribution in [-0.2, 0) is 24.2 Å². The average molecular weight is 308 g/mol. The molecule has 0 atom stereocenters. The van der Waals surface area contributed by atoms with E-state index in [0.29, 0.717) is 13.1 Å². The number of carbonyl (C=O) groups is 1. The maximum atomic E-state index is 11.8. The fourth-order valence-electron chi connectivity index (χ4n) is 2.92.